The maximum atomic E-state index is 11.7. The number of likely N-dealkylation sites (tertiary alicyclic amines) is 1. The van der Waals surface area contributed by atoms with Gasteiger partial charge in [-0.25, -0.2) is 0 Å². The Labute approximate surface area is 144 Å². The number of nitrogens with zero attached hydrogens (tertiary/aromatic N) is 1. The Morgan fingerprint density at radius 1 is 1.08 bits per heavy atom. The number of fused-ring (bicyclic) bond motifs is 2. The fourth-order valence-corrected chi connectivity index (χ4v) is 4.41. The van der Waals surface area contributed by atoms with Crippen LogP contribution in [0.15, 0.2) is 36.4 Å². The minimum atomic E-state index is -1.16. The van der Waals surface area contributed by atoms with Crippen molar-refractivity contribution in [2.45, 2.75) is 13.0 Å². The number of carboxylic acids is 2. The Kier molecular flexibility index (Phi) is 3.30. The summed E-state index contributed by atoms with van der Waals surface area (Å²) in [6.07, 6.45) is 0.216. The summed E-state index contributed by atoms with van der Waals surface area (Å²) in [5, 5.41) is 21.3. The van der Waals surface area contributed by atoms with E-state index in [1.807, 2.05) is 41.3 Å². The average Bonchev–Trinajstić information content (AvgIpc) is 3.14. The zero-order valence-corrected chi connectivity index (χ0v) is 13.9. The summed E-state index contributed by atoms with van der Waals surface area (Å²) in [6, 6.07) is 11.8. The van der Waals surface area contributed by atoms with Gasteiger partial charge in [-0.1, -0.05) is 30.3 Å². The SMILES string of the molecule is COc1ccc2ccccc2c1CN1C[C@@]2(C(=O)O)C[C@@]2(C(=O)O)C1. The second-order valence-electron chi connectivity index (χ2n) is 7.06. The summed E-state index contributed by atoms with van der Waals surface area (Å²) in [5.74, 6) is -1.29. The number of rotatable bonds is 5. The van der Waals surface area contributed by atoms with Crippen molar-refractivity contribution < 1.29 is 24.5 Å². The van der Waals surface area contributed by atoms with E-state index >= 15 is 0 Å². The molecule has 1 aliphatic heterocycles. The first-order valence-corrected chi connectivity index (χ1v) is 8.17. The molecule has 0 aromatic heterocycles. The maximum absolute atomic E-state index is 11.7. The van der Waals surface area contributed by atoms with Crippen LogP contribution in [0.5, 0.6) is 5.75 Å². The molecule has 25 heavy (non-hydrogen) atoms. The quantitative estimate of drug-likeness (QED) is 0.867. The summed E-state index contributed by atoms with van der Waals surface area (Å²) >= 11 is 0. The van der Waals surface area contributed by atoms with E-state index in [1.165, 1.54) is 0 Å². The molecule has 2 N–H and O–H groups in total. The number of aliphatic carboxylic acids is 2. The minimum absolute atomic E-state index is 0.216. The first-order valence-electron chi connectivity index (χ1n) is 8.17. The molecule has 2 atom stereocenters. The molecule has 2 aliphatic rings. The predicted molar refractivity (Wildman–Crippen MR) is 90.5 cm³/mol. The highest BCUT2D eigenvalue weighted by molar-refractivity contribution is 5.94. The first kappa shape index (κ1) is 15.9. The number of carbonyl (C=O) groups is 2. The smallest absolute Gasteiger partial charge is 0.312 e. The van der Waals surface area contributed by atoms with Crippen LogP contribution in [0.3, 0.4) is 0 Å². The van der Waals surface area contributed by atoms with E-state index in [0.29, 0.717) is 6.54 Å². The summed E-state index contributed by atoms with van der Waals surface area (Å²) in [7, 11) is 1.60. The van der Waals surface area contributed by atoms with E-state index in [1.54, 1.807) is 7.11 Å². The van der Waals surface area contributed by atoms with Gasteiger partial charge in [-0.3, -0.25) is 14.5 Å². The van der Waals surface area contributed by atoms with E-state index in [9.17, 15) is 19.8 Å². The standard InChI is InChI=1S/C19H19NO5/c1-25-15-7-6-12-4-2-3-5-13(12)14(15)8-20-10-18(16(21)22)9-19(18,11-20)17(23)24/h2-7H,8-11H2,1H3,(H,21,22)(H,23,24)/t18-,19+. The Bertz CT molecular complexity index is 867. The van der Waals surface area contributed by atoms with Crippen LogP contribution in [0.4, 0.5) is 0 Å². The van der Waals surface area contributed by atoms with Gasteiger partial charge in [0.2, 0.25) is 0 Å². The molecule has 0 unspecified atom stereocenters. The lowest BCUT2D eigenvalue weighted by Crippen LogP contribution is -2.28. The average molecular weight is 341 g/mol. The van der Waals surface area contributed by atoms with Crippen molar-refractivity contribution in [1.82, 2.24) is 4.90 Å². The van der Waals surface area contributed by atoms with Crippen LogP contribution in [0, 0.1) is 10.8 Å². The molecular formula is C19H19NO5. The number of ether oxygens (including phenoxy) is 1. The maximum Gasteiger partial charge on any atom is 0.312 e. The van der Waals surface area contributed by atoms with Crippen molar-refractivity contribution >= 4 is 22.7 Å². The number of hydrogen-bond donors (Lipinski definition) is 2. The Morgan fingerprint density at radius 2 is 1.72 bits per heavy atom. The van der Waals surface area contributed by atoms with Crippen molar-refractivity contribution in [3.8, 4) is 5.75 Å². The molecule has 1 aliphatic carbocycles. The molecule has 2 aromatic carbocycles. The summed E-state index contributed by atoms with van der Waals surface area (Å²) < 4.78 is 5.49. The number of piperidine rings is 1. The monoisotopic (exact) mass is 341 g/mol. The highest BCUT2D eigenvalue weighted by atomic mass is 16.5. The van der Waals surface area contributed by atoms with Crippen LogP contribution in [-0.4, -0.2) is 47.3 Å². The van der Waals surface area contributed by atoms with Gasteiger partial charge in [-0.2, -0.15) is 0 Å². The lowest BCUT2D eigenvalue weighted by molar-refractivity contribution is -0.151. The van der Waals surface area contributed by atoms with Gasteiger partial charge in [0, 0.05) is 25.2 Å². The van der Waals surface area contributed by atoms with Crippen LogP contribution in [0.1, 0.15) is 12.0 Å². The highest BCUT2D eigenvalue weighted by Crippen LogP contribution is 2.68. The van der Waals surface area contributed by atoms with Crippen LogP contribution in [0.25, 0.3) is 10.8 Å². The minimum Gasteiger partial charge on any atom is -0.496 e. The topological polar surface area (TPSA) is 87.1 Å². The normalized spacial score (nSPS) is 27.9. The molecule has 1 saturated carbocycles. The van der Waals surface area contributed by atoms with E-state index in [2.05, 4.69) is 0 Å². The summed E-state index contributed by atoms with van der Waals surface area (Å²) in [5.41, 5.74) is -1.35. The fourth-order valence-electron chi connectivity index (χ4n) is 4.41. The molecule has 130 valence electrons. The van der Waals surface area contributed by atoms with Crippen LogP contribution in [-0.2, 0) is 16.1 Å². The van der Waals surface area contributed by atoms with Gasteiger partial charge in [0.1, 0.15) is 5.75 Å². The van der Waals surface area contributed by atoms with Crippen molar-refractivity contribution in [3.05, 3.63) is 42.0 Å². The third-order valence-corrected chi connectivity index (χ3v) is 5.80. The molecule has 1 saturated heterocycles. The predicted octanol–water partition coefficient (Wildman–Crippen LogP) is 2.21. The molecule has 2 fully saturated rings. The van der Waals surface area contributed by atoms with Gasteiger partial charge >= 0.3 is 11.9 Å². The lowest BCUT2D eigenvalue weighted by atomic mass is 9.97. The third-order valence-electron chi connectivity index (χ3n) is 5.80. The Balaban J connectivity index is 1.70. The van der Waals surface area contributed by atoms with Crippen LogP contribution < -0.4 is 4.74 Å². The van der Waals surface area contributed by atoms with E-state index in [4.69, 9.17) is 4.74 Å². The van der Waals surface area contributed by atoms with Crippen molar-refractivity contribution in [2.24, 2.45) is 10.8 Å². The molecule has 6 nitrogen and oxygen atoms in total. The number of methoxy groups -OCH3 is 1. The van der Waals surface area contributed by atoms with Gasteiger partial charge in [-0.15, -0.1) is 0 Å². The van der Waals surface area contributed by atoms with Gasteiger partial charge in [0.25, 0.3) is 0 Å². The van der Waals surface area contributed by atoms with Crippen molar-refractivity contribution in [3.63, 3.8) is 0 Å². The zero-order chi connectivity index (χ0) is 17.8. The third kappa shape index (κ3) is 2.07. The fraction of sp³-hybridized carbons (Fsp3) is 0.368. The van der Waals surface area contributed by atoms with E-state index < -0.39 is 22.8 Å². The van der Waals surface area contributed by atoms with Crippen LogP contribution >= 0.6 is 0 Å². The molecule has 0 amide bonds. The molecular weight excluding hydrogens is 322 g/mol. The molecule has 0 spiro atoms. The second-order valence-corrected chi connectivity index (χ2v) is 7.06. The Morgan fingerprint density at radius 3 is 2.32 bits per heavy atom. The van der Waals surface area contributed by atoms with E-state index in [0.717, 1.165) is 22.1 Å². The van der Waals surface area contributed by atoms with E-state index in [-0.39, 0.29) is 19.5 Å². The molecule has 0 bridgehead atoms. The van der Waals surface area contributed by atoms with Crippen LogP contribution in [0.2, 0.25) is 0 Å². The summed E-state index contributed by atoms with van der Waals surface area (Å²) in [6.45, 7) is 0.969. The Hall–Kier alpha value is -2.60. The molecule has 6 heteroatoms. The number of carboxylic acid groups (broad SMARTS) is 2. The van der Waals surface area contributed by atoms with Gasteiger partial charge < -0.3 is 14.9 Å². The van der Waals surface area contributed by atoms with Crippen molar-refractivity contribution in [2.75, 3.05) is 20.2 Å². The molecule has 2 aromatic rings. The van der Waals surface area contributed by atoms with Gasteiger partial charge in [0.05, 0.1) is 17.9 Å². The van der Waals surface area contributed by atoms with Gasteiger partial charge in [0.15, 0.2) is 0 Å². The summed E-state index contributed by atoms with van der Waals surface area (Å²) in [4.78, 5) is 25.3. The van der Waals surface area contributed by atoms with Crippen molar-refractivity contribution in [1.29, 1.82) is 0 Å². The highest BCUT2D eigenvalue weighted by Gasteiger charge is 2.80. The zero-order valence-electron chi connectivity index (χ0n) is 13.9. The van der Waals surface area contributed by atoms with Gasteiger partial charge in [-0.05, 0) is 23.3 Å². The molecule has 1 heterocycles. The number of benzene rings is 2. The largest absolute Gasteiger partial charge is 0.496 e. The lowest BCUT2D eigenvalue weighted by Gasteiger charge is -2.22. The first-order chi connectivity index (χ1) is 11.9. The number of hydrogen-bond acceptors (Lipinski definition) is 4. The second kappa shape index (κ2) is 5.20. The molecule has 4 rings (SSSR count). The molecule has 0 radical (unpaired) electrons.